The summed E-state index contributed by atoms with van der Waals surface area (Å²) in [5.41, 5.74) is 2.14. The Morgan fingerprint density at radius 1 is 1.39 bits per heavy atom. The number of nitrogens with zero attached hydrogens (tertiary/aromatic N) is 2. The van der Waals surface area contributed by atoms with Crippen LogP contribution >= 0.6 is 11.8 Å². The zero-order valence-electron chi connectivity index (χ0n) is 13.3. The predicted molar refractivity (Wildman–Crippen MR) is 91.1 cm³/mol. The van der Waals surface area contributed by atoms with Crippen LogP contribution < -0.4 is 4.74 Å². The standard InChI is InChI=1S/C17H18N2O3S/c1-4-22-16(20)14-11(2)18-17-19(9-10-23-17)15(14)12-7-5-6-8-13(12)21-3/h5-10,15H,4H2,1-3H3/t15-/m0/s1. The van der Waals surface area contributed by atoms with Crippen molar-refractivity contribution in [3.05, 3.63) is 52.7 Å². The van der Waals surface area contributed by atoms with Crippen molar-refractivity contribution >= 4 is 22.9 Å². The van der Waals surface area contributed by atoms with Gasteiger partial charge in [0.05, 0.1) is 31.0 Å². The number of rotatable bonds is 4. The van der Waals surface area contributed by atoms with Crippen molar-refractivity contribution in [2.24, 2.45) is 4.99 Å². The van der Waals surface area contributed by atoms with Crippen LogP contribution in [0.1, 0.15) is 25.5 Å². The Labute approximate surface area is 139 Å². The summed E-state index contributed by atoms with van der Waals surface area (Å²) in [6.07, 6.45) is 1.94. The molecule has 1 aromatic carbocycles. The molecule has 2 aliphatic rings. The van der Waals surface area contributed by atoms with Gasteiger partial charge in [-0.2, -0.15) is 0 Å². The van der Waals surface area contributed by atoms with Crippen molar-refractivity contribution in [3.8, 4) is 5.75 Å². The number of carbonyl (C=O) groups is 1. The van der Waals surface area contributed by atoms with Gasteiger partial charge >= 0.3 is 5.97 Å². The van der Waals surface area contributed by atoms with Crippen LogP contribution in [0.15, 0.2) is 52.1 Å². The number of benzene rings is 1. The molecule has 0 aliphatic carbocycles. The molecule has 0 radical (unpaired) electrons. The fourth-order valence-electron chi connectivity index (χ4n) is 2.77. The Morgan fingerprint density at radius 3 is 2.91 bits per heavy atom. The lowest BCUT2D eigenvalue weighted by molar-refractivity contribution is -0.139. The Bertz CT molecular complexity index is 724. The molecular formula is C17H18N2O3S. The van der Waals surface area contributed by atoms with E-state index < -0.39 is 0 Å². The van der Waals surface area contributed by atoms with Gasteiger partial charge in [0.2, 0.25) is 0 Å². The molecule has 0 bridgehead atoms. The molecule has 0 amide bonds. The van der Waals surface area contributed by atoms with Gasteiger partial charge in [-0.05, 0) is 25.3 Å². The summed E-state index contributed by atoms with van der Waals surface area (Å²) in [5.74, 6) is 0.396. The van der Waals surface area contributed by atoms with E-state index in [1.165, 1.54) is 11.8 Å². The zero-order chi connectivity index (χ0) is 16.4. The number of hydrogen-bond donors (Lipinski definition) is 0. The second kappa shape index (κ2) is 6.50. The highest BCUT2D eigenvalue weighted by Crippen LogP contribution is 2.43. The zero-order valence-corrected chi connectivity index (χ0v) is 14.1. The normalized spacial score (nSPS) is 19.5. The first kappa shape index (κ1) is 15.7. The summed E-state index contributed by atoms with van der Waals surface area (Å²) in [5, 5.41) is 2.81. The highest BCUT2D eigenvalue weighted by atomic mass is 32.2. The summed E-state index contributed by atoms with van der Waals surface area (Å²) >= 11 is 1.54. The van der Waals surface area contributed by atoms with Crippen LogP contribution in [0.5, 0.6) is 5.75 Å². The maximum Gasteiger partial charge on any atom is 0.338 e. The van der Waals surface area contributed by atoms with Crippen molar-refractivity contribution in [1.82, 2.24) is 4.90 Å². The molecule has 23 heavy (non-hydrogen) atoms. The third-order valence-corrected chi connectivity index (χ3v) is 4.52. The summed E-state index contributed by atoms with van der Waals surface area (Å²) in [6.45, 7) is 3.97. The highest BCUT2D eigenvalue weighted by molar-refractivity contribution is 8.16. The lowest BCUT2D eigenvalue weighted by atomic mass is 9.94. The molecule has 1 aromatic rings. The minimum atomic E-state index is -0.339. The van der Waals surface area contributed by atoms with Crippen LogP contribution in [0.3, 0.4) is 0 Å². The third kappa shape index (κ3) is 2.74. The number of methoxy groups -OCH3 is 1. The number of aliphatic imine (C=N–C) groups is 1. The van der Waals surface area contributed by atoms with E-state index in [0.717, 1.165) is 16.5 Å². The number of amidine groups is 1. The molecule has 0 fully saturated rings. The van der Waals surface area contributed by atoms with E-state index in [9.17, 15) is 4.79 Å². The van der Waals surface area contributed by atoms with Gasteiger partial charge in [0.15, 0.2) is 5.17 Å². The van der Waals surface area contributed by atoms with E-state index in [1.807, 2.05) is 47.7 Å². The largest absolute Gasteiger partial charge is 0.496 e. The smallest absolute Gasteiger partial charge is 0.338 e. The summed E-state index contributed by atoms with van der Waals surface area (Å²) in [7, 11) is 1.63. The van der Waals surface area contributed by atoms with E-state index >= 15 is 0 Å². The van der Waals surface area contributed by atoms with Gasteiger partial charge in [-0.1, -0.05) is 30.0 Å². The first-order valence-electron chi connectivity index (χ1n) is 7.38. The predicted octanol–water partition coefficient (Wildman–Crippen LogP) is 3.46. The van der Waals surface area contributed by atoms with Crippen LogP contribution in [-0.4, -0.2) is 29.8 Å². The average Bonchev–Trinajstić information content (AvgIpc) is 3.01. The highest BCUT2D eigenvalue weighted by Gasteiger charge is 2.38. The van der Waals surface area contributed by atoms with E-state index in [4.69, 9.17) is 9.47 Å². The van der Waals surface area contributed by atoms with Crippen LogP contribution in [0.25, 0.3) is 0 Å². The number of ether oxygens (including phenoxy) is 2. The maximum absolute atomic E-state index is 12.5. The number of allylic oxidation sites excluding steroid dienone is 1. The molecule has 0 saturated carbocycles. The topological polar surface area (TPSA) is 51.1 Å². The fourth-order valence-corrected chi connectivity index (χ4v) is 3.56. The second-order valence-corrected chi connectivity index (χ2v) is 5.94. The maximum atomic E-state index is 12.5. The first-order valence-corrected chi connectivity index (χ1v) is 8.26. The molecule has 6 heteroatoms. The molecule has 1 atom stereocenters. The minimum Gasteiger partial charge on any atom is -0.496 e. The molecule has 120 valence electrons. The van der Waals surface area contributed by atoms with Crippen molar-refractivity contribution in [3.63, 3.8) is 0 Å². The van der Waals surface area contributed by atoms with E-state index in [1.54, 1.807) is 14.0 Å². The van der Waals surface area contributed by atoms with Crippen molar-refractivity contribution in [2.45, 2.75) is 19.9 Å². The Balaban J connectivity index is 2.15. The van der Waals surface area contributed by atoms with E-state index in [-0.39, 0.29) is 12.0 Å². The minimum absolute atomic E-state index is 0.302. The number of para-hydroxylation sites is 1. The van der Waals surface area contributed by atoms with Crippen LogP contribution in [0.4, 0.5) is 0 Å². The van der Waals surface area contributed by atoms with Gasteiger partial charge in [0.25, 0.3) is 0 Å². The molecule has 0 aromatic heterocycles. The lowest BCUT2D eigenvalue weighted by Crippen LogP contribution is -2.34. The summed E-state index contributed by atoms with van der Waals surface area (Å²) in [4.78, 5) is 19.1. The van der Waals surface area contributed by atoms with Gasteiger partial charge in [-0.3, -0.25) is 0 Å². The van der Waals surface area contributed by atoms with Gasteiger partial charge in [0.1, 0.15) is 5.75 Å². The van der Waals surface area contributed by atoms with Crippen LogP contribution in [0, 0.1) is 0 Å². The van der Waals surface area contributed by atoms with Crippen molar-refractivity contribution < 1.29 is 14.3 Å². The van der Waals surface area contributed by atoms with Gasteiger partial charge in [-0.25, -0.2) is 9.79 Å². The van der Waals surface area contributed by atoms with E-state index in [0.29, 0.717) is 17.9 Å². The quantitative estimate of drug-likeness (QED) is 0.791. The molecule has 0 unspecified atom stereocenters. The molecule has 3 rings (SSSR count). The average molecular weight is 330 g/mol. The number of hydrogen-bond acceptors (Lipinski definition) is 6. The Morgan fingerprint density at radius 2 is 2.17 bits per heavy atom. The van der Waals surface area contributed by atoms with Crippen LogP contribution in [-0.2, 0) is 9.53 Å². The molecular weight excluding hydrogens is 312 g/mol. The van der Waals surface area contributed by atoms with Crippen molar-refractivity contribution in [2.75, 3.05) is 13.7 Å². The monoisotopic (exact) mass is 330 g/mol. The van der Waals surface area contributed by atoms with Gasteiger partial charge < -0.3 is 14.4 Å². The summed E-state index contributed by atoms with van der Waals surface area (Å²) < 4.78 is 10.8. The Hall–Kier alpha value is -2.21. The summed E-state index contributed by atoms with van der Waals surface area (Å²) in [6, 6.07) is 7.41. The third-order valence-electron chi connectivity index (χ3n) is 3.75. The fraction of sp³-hybridized carbons (Fsp3) is 0.294. The molecule has 0 spiro atoms. The number of carbonyl (C=O) groups excluding carboxylic acids is 1. The van der Waals surface area contributed by atoms with Gasteiger partial charge in [-0.15, -0.1) is 0 Å². The molecule has 2 aliphatic heterocycles. The van der Waals surface area contributed by atoms with E-state index in [2.05, 4.69) is 4.99 Å². The Kier molecular flexibility index (Phi) is 4.43. The van der Waals surface area contributed by atoms with Crippen LogP contribution in [0.2, 0.25) is 0 Å². The second-order valence-electron chi connectivity index (χ2n) is 5.07. The molecule has 2 heterocycles. The first-order chi connectivity index (χ1) is 11.2. The molecule has 0 saturated heterocycles. The SMILES string of the molecule is CCOC(=O)C1=C(C)N=C2SC=CN2[C@H]1c1ccccc1OC. The number of thioether (sulfide) groups is 1. The number of esters is 1. The molecule has 5 nitrogen and oxygen atoms in total. The van der Waals surface area contributed by atoms with Gasteiger partial charge in [0, 0.05) is 11.8 Å². The molecule has 0 N–H and O–H groups in total. The van der Waals surface area contributed by atoms with Crippen molar-refractivity contribution in [1.29, 1.82) is 0 Å². The number of fused-ring (bicyclic) bond motifs is 1. The lowest BCUT2D eigenvalue weighted by Gasteiger charge is -2.33.